The SMILES string of the molecule is CCCC(=O)OCc1ccccc1CCC. The van der Waals surface area contributed by atoms with E-state index in [1.165, 1.54) is 5.56 Å². The quantitative estimate of drug-likeness (QED) is 0.686. The minimum absolute atomic E-state index is 0.103. The van der Waals surface area contributed by atoms with Crippen LogP contribution in [0.2, 0.25) is 0 Å². The van der Waals surface area contributed by atoms with Gasteiger partial charge in [0.05, 0.1) is 0 Å². The van der Waals surface area contributed by atoms with Crippen LogP contribution in [0.25, 0.3) is 0 Å². The van der Waals surface area contributed by atoms with Gasteiger partial charge in [-0.2, -0.15) is 0 Å². The smallest absolute Gasteiger partial charge is 0.306 e. The second kappa shape index (κ2) is 7.04. The van der Waals surface area contributed by atoms with Gasteiger partial charge in [0.25, 0.3) is 0 Å². The third kappa shape index (κ3) is 4.05. The minimum Gasteiger partial charge on any atom is -0.461 e. The molecule has 16 heavy (non-hydrogen) atoms. The maximum absolute atomic E-state index is 11.3. The minimum atomic E-state index is -0.103. The molecule has 88 valence electrons. The number of rotatable bonds is 6. The highest BCUT2D eigenvalue weighted by atomic mass is 16.5. The van der Waals surface area contributed by atoms with Gasteiger partial charge < -0.3 is 4.74 Å². The van der Waals surface area contributed by atoms with Crippen molar-refractivity contribution in [1.82, 2.24) is 0 Å². The molecule has 0 aliphatic rings. The Balaban J connectivity index is 2.55. The summed E-state index contributed by atoms with van der Waals surface area (Å²) >= 11 is 0. The van der Waals surface area contributed by atoms with Crippen molar-refractivity contribution in [3.8, 4) is 0 Å². The zero-order chi connectivity index (χ0) is 11.8. The Hall–Kier alpha value is -1.31. The molecular formula is C14H20O2. The van der Waals surface area contributed by atoms with Crippen LogP contribution in [0, 0.1) is 0 Å². The first-order valence-corrected chi connectivity index (χ1v) is 6.00. The van der Waals surface area contributed by atoms with Crippen LogP contribution < -0.4 is 0 Å². The Bertz CT molecular complexity index is 331. The molecule has 0 radical (unpaired) electrons. The second-order valence-corrected chi connectivity index (χ2v) is 3.93. The summed E-state index contributed by atoms with van der Waals surface area (Å²) in [6.07, 6.45) is 3.51. The molecule has 0 aliphatic heterocycles. The number of benzene rings is 1. The maximum Gasteiger partial charge on any atom is 0.306 e. The Morgan fingerprint density at radius 2 is 1.81 bits per heavy atom. The van der Waals surface area contributed by atoms with Gasteiger partial charge in [-0.3, -0.25) is 4.79 Å². The van der Waals surface area contributed by atoms with Crippen molar-refractivity contribution < 1.29 is 9.53 Å². The van der Waals surface area contributed by atoms with Crippen molar-refractivity contribution >= 4 is 5.97 Å². The van der Waals surface area contributed by atoms with Gasteiger partial charge in [0.2, 0.25) is 0 Å². The lowest BCUT2D eigenvalue weighted by atomic mass is 10.0. The lowest BCUT2D eigenvalue weighted by Crippen LogP contribution is -2.05. The number of esters is 1. The van der Waals surface area contributed by atoms with Crippen LogP contribution in [0.4, 0.5) is 0 Å². The van der Waals surface area contributed by atoms with Crippen molar-refractivity contribution in [2.45, 2.75) is 46.1 Å². The molecule has 0 unspecified atom stereocenters. The fraction of sp³-hybridized carbons (Fsp3) is 0.500. The maximum atomic E-state index is 11.3. The summed E-state index contributed by atoms with van der Waals surface area (Å²) in [5.41, 5.74) is 2.42. The van der Waals surface area contributed by atoms with Crippen LogP contribution in [0.1, 0.15) is 44.2 Å². The van der Waals surface area contributed by atoms with E-state index in [9.17, 15) is 4.79 Å². The first kappa shape index (κ1) is 12.8. The molecule has 0 saturated carbocycles. The number of hydrogen-bond donors (Lipinski definition) is 0. The van der Waals surface area contributed by atoms with Crippen LogP contribution in [0.5, 0.6) is 0 Å². The fourth-order valence-electron chi connectivity index (χ4n) is 1.65. The van der Waals surface area contributed by atoms with E-state index in [-0.39, 0.29) is 5.97 Å². The van der Waals surface area contributed by atoms with Crippen LogP contribution in [0.15, 0.2) is 24.3 Å². The van der Waals surface area contributed by atoms with E-state index in [1.807, 2.05) is 25.1 Å². The molecule has 0 N–H and O–H groups in total. The van der Waals surface area contributed by atoms with E-state index in [0.29, 0.717) is 13.0 Å². The summed E-state index contributed by atoms with van der Waals surface area (Å²) in [5.74, 6) is -0.103. The standard InChI is InChI=1S/C14H20O2/c1-3-7-12-9-5-6-10-13(12)11-16-14(15)8-4-2/h5-6,9-10H,3-4,7-8,11H2,1-2H3. The highest BCUT2D eigenvalue weighted by molar-refractivity contribution is 5.69. The molecule has 0 aromatic heterocycles. The van der Waals surface area contributed by atoms with E-state index in [1.54, 1.807) is 0 Å². The van der Waals surface area contributed by atoms with E-state index in [2.05, 4.69) is 13.0 Å². The Kier molecular flexibility index (Phi) is 5.62. The summed E-state index contributed by atoms with van der Waals surface area (Å²) < 4.78 is 5.22. The van der Waals surface area contributed by atoms with Gasteiger partial charge in [-0.1, -0.05) is 44.5 Å². The number of carbonyl (C=O) groups excluding carboxylic acids is 1. The molecule has 0 fully saturated rings. The molecule has 1 aromatic rings. The van der Waals surface area contributed by atoms with Crippen molar-refractivity contribution in [1.29, 1.82) is 0 Å². The number of aryl methyl sites for hydroxylation is 1. The van der Waals surface area contributed by atoms with Gasteiger partial charge in [0.1, 0.15) is 6.61 Å². The van der Waals surface area contributed by atoms with E-state index < -0.39 is 0 Å². The predicted octanol–water partition coefficient (Wildman–Crippen LogP) is 3.48. The largest absolute Gasteiger partial charge is 0.461 e. The normalized spacial score (nSPS) is 10.1. The number of hydrogen-bond acceptors (Lipinski definition) is 2. The molecule has 1 rings (SSSR count). The topological polar surface area (TPSA) is 26.3 Å². The van der Waals surface area contributed by atoms with E-state index in [4.69, 9.17) is 4.74 Å². The zero-order valence-electron chi connectivity index (χ0n) is 10.2. The van der Waals surface area contributed by atoms with Gasteiger partial charge in [-0.05, 0) is 24.0 Å². The monoisotopic (exact) mass is 220 g/mol. The Morgan fingerprint density at radius 3 is 2.44 bits per heavy atom. The molecule has 0 atom stereocenters. The first-order valence-electron chi connectivity index (χ1n) is 6.00. The van der Waals surface area contributed by atoms with Gasteiger partial charge in [-0.25, -0.2) is 0 Å². The fourth-order valence-corrected chi connectivity index (χ4v) is 1.65. The lowest BCUT2D eigenvalue weighted by Gasteiger charge is -2.09. The second-order valence-electron chi connectivity index (χ2n) is 3.93. The molecule has 1 aromatic carbocycles. The van der Waals surface area contributed by atoms with Crippen molar-refractivity contribution in [3.63, 3.8) is 0 Å². The van der Waals surface area contributed by atoms with Gasteiger partial charge >= 0.3 is 5.97 Å². The average Bonchev–Trinajstić information content (AvgIpc) is 2.29. The van der Waals surface area contributed by atoms with Crippen LogP contribution in [-0.2, 0) is 22.6 Å². The molecule has 0 heterocycles. The highest BCUT2D eigenvalue weighted by Crippen LogP contribution is 2.12. The molecule has 0 amide bonds. The molecule has 2 heteroatoms. The third-order valence-electron chi connectivity index (χ3n) is 2.48. The van der Waals surface area contributed by atoms with Gasteiger partial charge in [0, 0.05) is 6.42 Å². The zero-order valence-corrected chi connectivity index (χ0v) is 10.2. The van der Waals surface area contributed by atoms with E-state index in [0.717, 1.165) is 24.8 Å². The third-order valence-corrected chi connectivity index (χ3v) is 2.48. The summed E-state index contributed by atoms with van der Waals surface area (Å²) in [6, 6.07) is 8.15. The first-order chi connectivity index (χ1) is 7.77. The van der Waals surface area contributed by atoms with E-state index >= 15 is 0 Å². The molecule has 2 nitrogen and oxygen atoms in total. The lowest BCUT2D eigenvalue weighted by molar-refractivity contribution is -0.145. The predicted molar refractivity (Wildman–Crippen MR) is 65.1 cm³/mol. The molecule has 0 aliphatic carbocycles. The average molecular weight is 220 g/mol. The van der Waals surface area contributed by atoms with Gasteiger partial charge in [0.15, 0.2) is 0 Å². The summed E-state index contributed by atoms with van der Waals surface area (Å²) in [4.78, 5) is 11.3. The van der Waals surface area contributed by atoms with Crippen molar-refractivity contribution in [3.05, 3.63) is 35.4 Å². The Morgan fingerprint density at radius 1 is 1.12 bits per heavy atom. The van der Waals surface area contributed by atoms with Gasteiger partial charge in [-0.15, -0.1) is 0 Å². The van der Waals surface area contributed by atoms with Crippen molar-refractivity contribution in [2.75, 3.05) is 0 Å². The number of carbonyl (C=O) groups is 1. The van der Waals surface area contributed by atoms with Crippen molar-refractivity contribution in [2.24, 2.45) is 0 Å². The molecular weight excluding hydrogens is 200 g/mol. The van der Waals surface area contributed by atoms with Crippen LogP contribution >= 0.6 is 0 Å². The summed E-state index contributed by atoms with van der Waals surface area (Å²) in [7, 11) is 0. The van der Waals surface area contributed by atoms with Crippen LogP contribution in [-0.4, -0.2) is 5.97 Å². The molecule has 0 spiro atoms. The highest BCUT2D eigenvalue weighted by Gasteiger charge is 2.04. The molecule has 0 saturated heterocycles. The van der Waals surface area contributed by atoms with Crippen LogP contribution in [0.3, 0.4) is 0 Å². The Labute approximate surface area is 97.6 Å². The molecule has 0 bridgehead atoms. The summed E-state index contributed by atoms with van der Waals surface area (Å²) in [6.45, 7) is 4.54. The number of ether oxygens (including phenoxy) is 1. The summed E-state index contributed by atoms with van der Waals surface area (Å²) in [5, 5.41) is 0.